The van der Waals surface area contributed by atoms with Crippen LogP contribution in [0.4, 0.5) is 0 Å². The number of nitrogens with one attached hydrogen (secondary N) is 2. The molecule has 1 aromatic rings. The van der Waals surface area contributed by atoms with Crippen LogP contribution in [0, 0.1) is 0 Å². The first-order chi connectivity index (χ1) is 10.8. The van der Waals surface area contributed by atoms with Crippen molar-refractivity contribution in [3.63, 3.8) is 0 Å². The average Bonchev–Trinajstić information content (AvgIpc) is 2.41. The van der Waals surface area contributed by atoms with Gasteiger partial charge in [-0.25, -0.2) is 0 Å². The SMILES string of the molecule is CC1(C)CC(NC(=S)NCCSc2ccccc2)CC(C)(C)[NH2+]1. The molecule has 1 aliphatic rings. The molecule has 0 bridgehead atoms. The van der Waals surface area contributed by atoms with E-state index in [1.165, 1.54) is 4.90 Å². The Morgan fingerprint density at radius 3 is 2.39 bits per heavy atom. The van der Waals surface area contributed by atoms with Gasteiger partial charge in [0.05, 0.1) is 11.1 Å². The number of benzene rings is 1. The van der Waals surface area contributed by atoms with E-state index in [0.717, 1.165) is 30.3 Å². The number of rotatable bonds is 5. The minimum Gasteiger partial charge on any atom is -0.362 e. The van der Waals surface area contributed by atoms with Gasteiger partial charge in [-0.2, -0.15) is 0 Å². The van der Waals surface area contributed by atoms with Gasteiger partial charge >= 0.3 is 0 Å². The van der Waals surface area contributed by atoms with Crippen molar-refractivity contribution < 1.29 is 5.32 Å². The molecule has 0 atom stereocenters. The standard InChI is InChI=1S/C18H29N3S2/c1-17(2)12-14(13-18(3,4)21-17)20-16(22)19-10-11-23-15-8-6-5-7-9-15/h5-9,14,21H,10-13H2,1-4H3,(H2,19,20,22)/p+1. The summed E-state index contributed by atoms with van der Waals surface area (Å²) in [5.41, 5.74) is 0.524. The Kier molecular flexibility index (Phi) is 6.34. The van der Waals surface area contributed by atoms with Crippen molar-refractivity contribution in [2.24, 2.45) is 0 Å². The molecule has 128 valence electrons. The largest absolute Gasteiger partial charge is 0.362 e. The molecule has 0 spiro atoms. The molecule has 0 amide bonds. The fraction of sp³-hybridized carbons (Fsp3) is 0.611. The quantitative estimate of drug-likeness (QED) is 0.433. The van der Waals surface area contributed by atoms with E-state index in [2.05, 4.69) is 67.9 Å². The minimum absolute atomic E-state index is 0.262. The zero-order valence-corrected chi connectivity index (χ0v) is 16.3. The molecule has 3 nitrogen and oxygen atoms in total. The molecule has 1 aromatic carbocycles. The van der Waals surface area contributed by atoms with Crippen LogP contribution in [0.5, 0.6) is 0 Å². The van der Waals surface area contributed by atoms with Crippen molar-refractivity contribution >= 4 is 29.1 Å². The summed E-state index contributed by atoms with van der Waals surface area (Å²) in [5.74, 6) is 1.02. The highest BCUT2D eigenvalue weighted by atomic mass is 32.2. The third-order valence-corrected chi connectivity index (χ3v) is 5.34. The van der Waals surface area contributed by atoms with Crippen LogP contribution in [0.3, 0.4) is 0 Å². The van der Waals surface area contributed by atoms with Crippen LogP contribution < -0.4 is 16.0 Å². The first-order valence-electron chi connectivity index (χ1n) is 8.35. The summed E-state index contributed by atoms with van der Waals surface area (Å²) >= 11 is 7.33. The van der Waals surface area contributed by atoms with Crippen LogP contribution in [0.2, 0.25) is 0 Å². The molecular weight excluding hydrogens is 322 g/mol. The Hall–Kier alpha value is -0.780. The molecule has 2 rings (SSSR count). The maximum Gasteiger partial charge on any atom is 0.166 e. The van der Waals surface area contributed by atoms with E-state index in [4.69, 9.17) is 12.2 Å². The van der Waals surface area contributed by atoms with Crippen LogP contribution in [0.1, 0.15) is 40.5 Å². The summed E-state index contributed by atoms with van der Waals surface area (Å²) in [6.07, 6.45) is 2.27. The average molecular weight is 353 g/mol. The van der Waals surface area contributed by atoms with E-state index in [0.29, 0.717) is 6.04 Å². The fourth-order valence-electron chi connectivity index (χ4n) is 3.71. The lowest BCUT2D eigenvalue weighted by Crippen LogP contribution is -3.06. The summed E-state index contributed by atoms with van der Waals surface area (Å²) in [4.78, 5) is 1.31. The molecule has 0 aliphatic carbocycles. The third-order valence-electron chi connectivity index (χ3n) is 4.06. The van der Waals surface area contributed by atoms with Crippen LogP contribution in [0.15, 0.2) is 35.2 Å². The van der Waals surface area contributed by atoms with E-state index < -0.39 is 0 Å². The molecule has 0 unspecified atom stereocenters. The molecule has 1 fully saturated rings. The number of thioether (sulfide) groups is 1. The molecule has 0 aromatic heterocycles. The van der Waals surface area contributed by atoms with Gasteiger partial charge in [0.1, 0.15) is 0 Å². The molecule has 0 radical (unpaired) electrons. The van der Waals surface area contributed by atoms with E-state index in [1.807, 2.05) is 17.8 Å². The van der Waals surface area contributed by atoms with Gasteiger partial charge < -0.3 is 16.0 Å². The van der Waals surface area contributed by atoms with Gasteiger partial charge in [0, 0.05) is 36.1 Å². The van der Waals surface area contributed by atoms with Crippen molar-refractivity contribution in [3.8, 4) is 0 Å². The van der Waals surface area contributed by atoms with E-state index >= 15 is 0 Å². The van der Waals surface area contributed by atoms with Gasteiger partial charge in [0.25, 0.3) is 0 Å². The first kappa shape index (κ1) is 18.6. The number of hydrogen-bond acceptors (Lipinski definition) is 2. The van der Waals surface area contributed by atoms with Crippen molar-refractivity contribution in [1.29, 1.82) is 0 Å². The first-order valence-corrected chi connectivity index (χ1v) is 9.74. The second-order valence-corrected chi connectivity index (χ2v) is 9.37. The third kappa shape index (κ3) is 6.69. The zero-order valence-electron chi connectivity index (χ0n) is 14.7. The number of thiocarbonyl (C=S) groups is 1. The Morgan fingerprint density at radius 2 is 1.78 bits per heavy atom. The van der Waals surface area contributed by atoms with Crippen molar-refractivity contribution in [2.75, 3.05) is 12.3 Å². The molecule has 23 heavy (non-hydrogen) atoms. The van der Waals surface area contributed by atoms with Gasteiger partial charge in [-0.1, -0.05) is 18.2 Å². The molecule has 1 aliphatic heterocycles. The second-order valence-electron chi connectivity index (χ2n) is 7.79. The van der Waals surface area contributed by atoms with Gasteiger partial charge in [0.2, 0.25) is 0 Å². The summed E-state index contributed by atoms with van der Waals surface area (Å²) in [7, 11) is 0. The minimum atomic E-state index is 0.262. The molecule has 0 saturated carbocycles. The van der Waals surface area contributed by atoms with Crippen molar-refractivity contribution in [2.45, 2.75) is 62.6 Å². The van der Waals surface area contributed by atoms with E-state index in [-0.39, 0.29) is 11.1 Å². The van der Waals surface area contributed by atoms with Crippen molar-refractivity contribution in [1.82, 2.24) is 10.6 Å². The summed E-state index contributed by atoms with van der Waals surface area (Å²) in [5, 5.41) is 10.1. The Morgan fingerprint density at radius 1 is 1.17 bits per heavy atom. The van der Waals surface area contributed by atoms with Crippen molar-refractivity contribution in [3.05, 3.63) is 30.3 Å². The van der Waals surface area contributed by atoms with Gasteiger partial charge in [-0.05, 0) is 52.0 Å². The Labute approximate surface area is 150 Å². The number of nitrogens with two attached hydrogens (primary N) is 1. The molecule has 1 heterocycles. The predicted octanol–water partition coefficient (Wildman–Crippen LogP) is 2.53. The van der Waals surface area contributed by atoms with Gasteiger partial charge in [0.15, 0.2) is 5.11 Å². The van der Waals surface area contributed by atoms with Crippen LogP contribution >= 0.6 is 24.0 Å². The van der Waals surface area contributed by atoms with Gasteiger partial charge in [-0.3, -0.25) is 0 Å². The maximum atomic E-state index is 5.47. The summed E-state index contributed by atoms with van der Waals surface area (Å²) < 4.78 is 0. The van der Waals surface area contributed by atoms with Crippen LogP contribution in [-0.2, 0) is 0 Å². The molecular formula is C18H30N3S2+. The van der Waals surface area contributed by atoms with E-state index in [1.54, 1.807) is 0 Å². The lowest BCUT2D eigenvalue weighted by atomic mass is 9.80. The molecule has 1 saturated heterocycles. The monoisotopic (exact) mass is 352 g/mol. The predicted molar refractivity (Wildman–Crippen MR) is 104 cm³/mol. The number of quaternary nitrogens is 1. The smallest absolute Gasteiger partial charge is 0.166 e. The lowest BCUT2D eigenvalue weighted by Gasteiger charge is -2.43. The lowest BCUT2D eigenvalue weighted by molar-refractivity contribution is -0.787. The highest BCUT2D eigenvalue weighted by molar-refractivity contribution is 7.99. The van der Waals surface area contributed by atoms with E-state index in [9.17, 15) is 0 Å². The Balaban J connectivity index is 1.70. The molecule has 4 N–H and O–H groups in total. The topological polar surface area (TPSA) is 40.7 Å². The fourth-order valence-corrected chi connectivity index (χ4v) is 4.76. The summed E-state index contributed by atoms with van der Waals surface area (Å²) in [6, 6.07) is 10.9. The Bertz CT molecular complexity index is 498. The number of hydrogen-bond donors (Lipinski definition) is 3. The normalized spacial score (nSPS) is 20.0. The molecule has 5 heteroatoms. The highest BCUT2D eigenvalue weighted by Crippen LogP contribution is 2.21. The maximum absolute atomic E-state index is 5.47. The zero-order chi connectivity index (χ0) is 16.9. The second kappa shape index (κ2) is 7.86. The van der Waals surface area contributed by atoms with Crippen LogP contribution in [0.25, 0.3) is 0 Å². The summed E-state index contributed by atoms with van der Waals surface area (Å²) in [6.45, 7) is 10.1. The van der Waals surface area contributed by atoms with Crippen LogP contribution in [-0.4, -0.2) is 34.5 Å². The highest BCUT2D eigenvalue weighted by Gasteiger charge is 2.41. The number of piperidine rings is 1. The van der Waals surface area contributed by atoms with Gasteiger partial charge in [-0.15, -0.1) is 11.8 Å².